The Bertz CT molecular complexity index is 992. The summed E-state index contributed by atoms with van der Waals surface area (Å²) < 4.78 is 41.3. The van der Waals surface area contributed by atoms with E-state index in [9.17, 15) is 12.8 Å². The van der Waals surface area contributed by atoms with E-state index in [-0.39, 0.29) is 5.82 Å². The lowest BCUT2D eigenvalue weighted by molar-refractivity contribution is -0.0107. The highest BCUT2D eigenvalue weighted by molar-refractivity contribution is 7.91. The van der Waals surface area contributed by atoms with Gasteiger partial charge in [-0.05, 0) is 66.9 Å². The van der Waals surface area contributed by atoms with Crippen LogP contribution in [-0.2, 0) is 10.0 Å². The molecule has 9 heteroatoms. The van der Waals surface area contributed by atoms with Crippen LogP contribution >= 0.6 is 11.3 Å². The van der Waals surface area contributed by atoms with E-state index >= 15 is 0 Å². The van der Waals surface area contributed by atoms with Crippen LogP contribution < -0.4 is 9.62 Å². The van der Waals surface area contributed by atoms with Gasteiger partial charge in [-0.1, -0.05) is 6.07 Å². The molecule has 5 heterocycles. The van der Waals surface area contributed by atoms with Crippen molar-refractivity contribution in [3.05, 3.63) is 47.6 Å². The van der Waals surface area contributed by atoms with E-state index in [0.29, 0.717) is 28.6 Å². The van der Waals surface area contributed by atoms with Crippen molar-refractivity contribution in [2.24, 2.45) is 11.8 Å². The van der Waals surface area contributed by atoms with Crippen molar-refractivity contribution < 1.29 is 12.8 Å². The van der Waals surface area contributed by atoms with Crippen molar-refractivity contribution >= 4 is 27.0 Å². The fraction of sp³-hybridized carbons (Fsp3) is 0.565. The Labute approximate surface area is 194 Å². The van der Waals surface area contributed by atoms with Gasteiger partial charge < -0.3 is 4.90 Å². The van der Waals surface area contributed by atoms with Gasteiger partial charge in [0.25, 0.3) is 0 Å². The second-order valence-corrected chi connectivity index (χ2v) is 12.2. The van der Waals surface area contributed by atoms with Gasteiger partial charge in [0.15, 0.2) is 0 Å². The minimum absolute atomic E-state index is 0.188. The molecule has 4 aliphatic rings. The molecule has 0 spiro atoms. The van der Waals surface area contributed by atoms with Crippen LogP contribution in [0.5, 0.6) is 0 Å². The Kier molecular flexibility index (Phi) is 6.53. The monoisotopic (exact) mass is 478 g/mol. The second-order valence-electron chi connectivity index (χ2n) is 9.24. The third-order valence-corrected chi connectivity index (χ3v) is 10.2. The zero-order chi connectivity index (χ0) is 22.1. The van der Waals surface area contributed by atoms with Gasteiger partial charge in [-0.15, -0.1) is 11.3 Å². The zero-order valence-electron chi connectivity index (χ0n) is 18.2. The number of fused-ring (bicyclic) bond motifs is 3. The predicted octanol–water partition coefficient (Wildman–Crippen LogP) is 2.70. The van der Waals surface area contributed by atoms with Crippen LogP contribution in [0.25, 0.3) is 0 Å². The predicted molar refractivity (Wildman–Crippen MR) is 126 cm³/mol. The van der Waals surface area contributed by atoms with Crippen molar-refractivity contribution in [2.45, 2.75) is 23.1 Å². The first kappa shape index (κ1) is 22.3. The quantitative estimate of drug-likeness (QED) is 0.663. The largest absolute Gasteiger partial charge is 0.369 e. The van der Waals surface area contributed by atoms with Gasteiger partial charge >= 0.3 is 0 Å². The number of sulfonamides is 1. The maximum absolute atomic E-state index is 13.2. The fourth-order valence-corrected chi connectivity index (χ4v) is 7.64. The van der Waals surface area contributed by atoms with Crippen molar-refractivity contribution in [3.8, 4) is 0 Å². The molecule has 32 heavy (non-hydrogen) atoms. The Morgan fingerprint density at radius 1 is 1.06 bits per heavy atom. The maximum Gasteiger partial charge on any atom is 0.250 e. The standard InChI is InChI=1S/C23H31FN4O2S2/c24-20-3-5-21(6-4-20)27-11-9-26(10-12-27)16-19-17-28-8-7-18(19)14-22(28)15-25-32(29,30)23-2-1-13-31-23/h1-6,13,18-19,22,25H,7-12,14-17H2. The SMILES string of the molecule is O=S(=O)(NCC1CC2CCN1CC2CN1CCN(c2ccc(F)cc2)CC1)c1cccs1. The van der Waals surface area contributed by atoms with E-state index < -0.39 is 10.0 Å². The summed E-state index contributed by atoms with van der Waals surface area (Å²) in [7, 11) is -3.39. The summed E-state index contributed by atoms with van der Waals surface area (Å²) >= 11 is 1.26. The summed E-state index contributed by atoms with van der Waals surface area (Å²) in [5.74, 6) is 1.14. The Hall–Kier alpha value is -1.52. The maximum atomic E-state index is 13.2. The molecule has 0 aliphatic carbocycles. The molecule has 4 saturated heterocycles. The molecule has 0 amide bonds. The molecule has 0 saturated carbocycles. The summed E-state index contributed by atoms with van der Waals surface area (Å²) in [6.45, 7) is 7.76. The van der Waals surface area contributed by atoms with Crippen LogP contribution in [-0.4, -0.2) is 76.6 Å². The number of benzene rings is 1. The molecule has 1 aromatic carbocycles. The van der Waals surface area contributed by atoms with Crippen molar-refractivity contribution in [1.82, 2.24) is 14.5 Å². The average molecular weight is 479 g/mol. The van der Waals surface area contributed by atoms with Crippen LogP contribution in [0, 0.1) is 17.7 Å². The normalized spacial score (nSPS) is 28.8. The molecule has 4 atom stereocenters. The first-order valence-electron chi connectivity index (χ1n) is 11.5. The van der Waals surface area contributed by atoms with E-state index in [0.717, 1.165) is 57.9 Å². The van der Waals surface area contributed by atoms with Crippen LogP contribution in [0.1, 0.15) is 12.8 Å². The average Bonchev–Trinajstić information content (AvgIpc) is 3.36. The van der Waals surface area contributed by atoms with E-state index in [1.807, 2.05) is 12.1 Å². The number of nitrogens with one attached hydrogen (secondary N) is 1. The molecule has 1 aromatic heterocycles. The van der Waals surface area contributed by atoms with Gasteiger partial charge in [0.1, 0.15) is 10.0 Å². The third kappa shape index (κ3) is 4.87. The number of piperazine rings is 1. The van der Waals surface area contributed by atoms with E-state index in [1.54, 1.807) is 17.5 Å². The molecular weight excluding hydrogens is 447 g/mol. The lowest BCUT2D eigenvalue weighted by Gasteiger charge is -2.51. The summed E-state index contributed by atoms with van der Waals surface area (Å²) in [6.07, 6.45) is 2.29. The summed E-state index contributed by atoms with van der Waals surface area (Å²) in [5.41, 5.74) is 1.10. The molecule has 1 N–H and O–H groups in total. The fourth-order valence-electron chi connectivity index (χ4n) is 5.53. The molecule has 2 bridgehead atoms. The van der Waals surface area contributed by atoms with Crippen molar-refractivity contribution in [1.29, 1.82) is 0 Å². The van der Waals surface area contributed by atoms with E-state index in [4.69, 9.17) is 0 Å². The first-order valence-corrected chi connectivity index (χ1v) is 13.8. The molecule has 4 unspecified atom stereocenters. The molecular formula is C23H31FN4O2S2. The van der Waals surface area contributed by atoms with E-state index in [1.165, 1.54) is 29.9 Å². The number of anilines is 1. The zero-order valence-corrected chi connectivity index (χ0v) is 19.8. The summed E-state index contributed by atoms with van der Waals surface area (Å²) in [5, 5.41) is 1.80. The van der Waals surface area contributed by atoms with Crippen LogP contribution in [0.3, 0.4) is 0 Å². The van der Waals surface area contributed by atoms with Gasteiger partial charge in [0.05, 0.1) is 0 Å². The smallest absolute Gasteiger partial charge is 0.250 e. The molecule has 4 fully saturated rings. The minimum atomic E-state index is -3.39. The molecule has 2 aromatic rings. The molecule has 4 aliphatic heterocycles. The lowest BCUT2D eigenvalue weighted by atomic mass is 9.75. The van der Waals surface area contributed by atoms with Crippen LogP contribution in [0.4, 0.5) is 10.1 Å². The van der Waals surface area contributed by atoms with Crippen LogP contribution in [0.2, 0.25) is 0 Å². The number of hydrogen-bond acceptors (Lipinski definition) is 6. The number of rotatable bonds is 7. The lowest BCUT2D eigenvalue weighted by Crippen LogP contribution is -2.59. The van der Waals surface area contributed by atoms with Gasteiger partial charge in [0, 0.05) is 57.5 Å². The van der Waals surface area contributed by atoms with Gasteiger partial charge in [-0.3, -0.25) is 9.80 Å². The molecule has 174 valence electrons. The van der Waals surface area contributed by atoms with E-state index in [2.05, 4.69) is 19.4 Å². The number of hydrogen-bond donors (Lipinski definition) is 1. The minimum Gasteiger partial charge on any atom is -0.369 e. The second kappa shape index (κ2) is 9.38. The Balaban J connectivity index is 1.10. The highest BCUT2D eigenvalue weighted by atomic mass is 32.2. The number of halogens is 1. The van der Waals surface area contributed by atoms with Crippen molar-refractivity contribution in [2.75, 3.05) is 57.3 Å². The molecule has 6 rings (SSSR count). The molecule has 0 radical (unpaired) electrons. The Morgan fingerprint density at radius 3 is 2.50 bits per heavy atom. The topological polar surface area (TPSA) is 55.9 Å². The number of piperidine rings is 3. The Morgan fingerprint density at radius 2 is 1.84 bits per heavy atom. The molecule has 6 nitrogen and oxygen atoms in total. The first-order chi connectivity index (χ1) is 15.5. The van der Waals surface area contributed by atoms with Gasteiger partial charge in [-0.25, -0.2) is 17.5 Å². The summed E-state index contributed by atoms with van der Waals surface area (Å²) in [6, 6.07) is 10.5. The van der Waals surface area contributed by atoms with Crippen LogP contribution in [0.15, 0.2) is 46.0 Å². The highest BCUT2D eigenvalue weighted by Crippen LogP contribution is 2.37. The van der Waals surface area contributed by atoms with Gasteiger partial charge in [-0.2, -0.15) is 0 Å². The summed E-state index contributed by atoms with van der Waals surface area (Å²) in [4.78, 5) is 7.40. The van der Waals surface area contributed by atoms with Crippen molar-refractivity contribution in [3.63, 3.8) is 0 Å². The highest BCUT2D eigenvalue weighted by Gasteiger charge is 2.41. The van der Waals surface area contributed by atoms with Gasteiger partial charge in [0.2, 0.25) is 10.0 Å². The number of nitrogens with zero attached hydrogens (tertiary/aromatic N) is 3. The third-order valence-electron chi connectivity index (χ3n) is 7.34. The number of thiophene rings is 1.